The SMILES string of the molecule is O=C1c2ccccc2SC[C@]12N=NC[C@H]2c1ccccc1. The molecule has 2 aromatic rings. The Morgan fingerprint density at radius 3 is 2.67 bits per heavy atom. The van der Waals surface area contributed by atoms with Gasteiger partial charge in [-0.25, -0.2) is 0 Å². The second-order valence-corrected chi connectivity index (χ2v) is 6.44. The van der Waals surface area contributed by atoms with Crippen LogP contribution < -0.4 is 0 Å². The molecule has 2 heterocycles. The highest BCUT2D eigenvalue weighted by Gasteiger charge is 2.52. The summed E-state index contributed by atoms with van der Waals surface area (Å²) >= 11 is 1.71. The van der Waals surface area contributed by atoms with E-state index < -0.39 is 5.54 Å². The molecule has 1 spiro atoms. The van der Waals surface area contributed by atoms with E-state index in [0.717, 1.165) is 16.0 Å². The summed E-state index contributed by atoms with van der Waals surface area (Å²) in [6.45, 7) is 0.596. The first kappa shape index (κ1) is 12.8. The number of carbonyl (C=O) groups excluding carboxylic acids is 1. The minimum absolute atomic E-state index is 0.0482. The summed E-state index contributed by atoms with van der Waals surface area (Å²) in [5.74, 6) is 0.838. The first-order valence-corrected chi connectivity index (χ1v) is 8.00. The van der Waals surface area contributed by atoms with Crippen LogP contribution in [0.15, 0.2) is 69.7 Å². The molecule has 2 atom stereocenters. The van der Waals surface area contributed by atoms with E-state index >= 15 is 0 Å². The number of nitrogens with zero attached hydrogens (tertiary/aromatic N) is 2. The highest BCUT2D eigenvalue weighted by atomic mass is 32.2. The van der Waals surface area contributed by atoms with Gasteiger partial charge in [-0.15, -0.1) is 11.8 Å². The quantitative estimate of drug-likeness (QED) is 0.798. The van der Waals surface area contributed by atoms with E-state index in [0.29, 0.717) is 12.3 Å². The van der Waals surface area contributed by atoms with Gasteiger partial charge in [0, 0.05) is 22.1 Å². The molecule has 0 N–H and O–H groups in total. The maximum absolute atomic E-state index is 13.1. The van der Waals surface area contributed by atoms with Crippen LogP contribution in [0.2, 0.25) is 0 Å². The molecule has 4 rings (SSSR count). The van der Waals surface area contributed by atoms with E-state index in [9.17, 15) is 4.79 Å². The molecular formula is C17H14N2OS. The van der Waals surface area contributed by atoms with Crippen molar-refractivity contribution < 1.29 is 4.79 Å². The lowest BCUT2D eigenvalue weighted by Gasteiger charge is -2.34. The zero-order valence-corrected chi connectivity index (χ0v) is 12.2. The lowest BCUT2D eigenvalue weighted by atomic mass is 9.76. The number of azo groups is 1. The number of ketones is 1. The van der Waals surface area contributed by atoms with Gasteiger partial charge in [0.15, 0.2) is 11.3 Å². The Hall–Kier alpha value is -1.94. The highest BCUT2D eigenvalue weighted by Crippen LogP contribution is 2.47. The van der Waals surface area contributed by atoms with Gasteiger partial charge in [0.1, 0.15) is 0 Å². The molecule has 2 aromatic carbocycles. The molecule has 2 aliphatic rings. The van der Waals surface area contributed by atoms with E-state index in [1.807, 2.05) is 42.5 Å². The van der Waals surface area contributed by atoms with Gasteiger partial charge in [0.2, 0.25) is 0 Å². The predicted molar refractivity (Wildman–Crippen MR) is 83.1 cm³/mol. The molecule has 0 radical (unpaired) electrons. The predicted octanol–water partition coefficient (Wildman–Crippen LogP) is 3.96. The van der Waals surface area contributed by atoms with E-state index in [1.165, 1.54) is 0 Å². The maximum atomic E-state index is 13.1. The molecule has 3 nitrogen and oxygen atoms in total. The lowest BCUT2D eigenvalue weighted by Crippen LogP contribution is -2.46. The van der Waals surface area contributed by atoms with Crippen LogP contribution in [0.5, 0.6) is 0 Å². The van der Waals surface area contributed by atoms with Crippen LogP contribution in [-0.2, 0) is 0 Å². The number of rotatable bonds is 1. The van der Waals surface area contributed by atoms with Crippen molar-refractivity contribution in [3.8, 4) is 0 Å². The van der Waals surface area contributed by atoms with Gasteiger partial charge in [-0.1, -0.05) is 48.5 Å². The Labute approximate surface area is 127 Å². The maximum Gasteiger partial charge on any atom is 0.194 e. The average molecular weight is 294 g/mol. The minimum Gasteiger partial charge on any atom is -0.291 e. The average Bonchev–Trinajstić information content (AvgIpc) is 2.97. The Kier molecular flexibility index (Phi) is 2.93. The summed E-state index contributed by atoms with van der Waals surface area (Å²) in [6, 6.07) is 18.0. The van der Waals surface area contributed by atoms with Crippen LogP contribution in [0, 0.1) is 0 Å². The van der Waals surface area contributed by atoms with Crippen LogP contribution in [0.1, 0.15) is 21.8 Å². The van der Waals surface area contributed by atoms with Crippen molar-refractivity contribution in [2.45, 2.75) is 16.4 Å². The molecule has 0 bridgehead atoms. The first-order valence-electron chi connectivity index (χ1n) is 7.01. The number of Topliss-reactive ketones (excluding diaryl/α,β-unsaturated/α-hetero) is 1. The van der Waals surface area contributed by atoms with Gasteiger partial charge in [-0.3, -0.25) is 4.79 Å². The number of benzene rings is 2. The third kappa shape index (κ3) is 1.86. The van der Waals surface area contributed by atoms with E-state index in [-0.39, 0.29) is 11.7 Å². The summed E-state index contributed by atoms with van der Waals surface area (Å²) in [7, 11) is 0. The molecule has 0 aromatic heterocycles. The second-order valence-electron chi connectivity index (χ2n) is 5.43. The molecule has 0 amide bonds. The summed E-state index contributed by atoms with van der Waals surface area (Å²) in [5, 5.41) is 8.65. The van der Waals surface area contributed by atoms with Crippen molar-refractivity contribution in [2.75, 3.05) is 12.3 Å². The van der Waals surface area contributed by atoms with Crippen LogP contribution in [0.3, 0.4) is 0 Å². The molecule has 2 aliphatic heterocycles. The van der Waals surface area contributed by atoms with Crippen LogP contribution in [0.25, 0.3) is 0 Å². The van der Waals surface area contributed by atoms with Gasteiger partial charge in [-0.05, 0) is 11.6 Å². The van der Waals surface area contributed by atoms with Gasteiger partial charge < -0.3 is 0 Å². The Balaban J connectivity index is 1.81. The molecule has 21 heavy (non-hydrogen) atoms. The molecule has 4 heteroatoms. The van der Waals surface area contributed by atoms with Crippen molar-refractivity contribution in [2.24, 2.45) is 10.2 Å². The first-order chi connectivity index (χ1) is 10.3. The van der Waals surface area contributed by atoms with E-state index in [4.69, 9.17) is 0 Å². The van der Waals surface area contributed by atoms with Crippen molar-refractivity contribution in [3.05, 3.63) is 65.7 Å². The standard InChI is InChI=1S/C17H14N2OS/c20-16-13-8-4-5-9-15(13)21-11-17(16)14(10-18-19-17)12-6-2-1-3-7-12/h1-9,14H,10-11H2/t14-,17+/m0/s1. The Morgan fingerprint density at radius 2 is 1.81 bits per heavy atom. The minimum atomic E-state index is -0.722. The van der Waals surface area contributed by atoms with Gasteiger partial charge in [0.25, 0.3) is 0 Å². The van der Waals surface area contributed by atoms with Gasteiger partial charge >= 0.3 is 0 Å². The summed E-state index contributed by atoms with van der Waals surface area (Å²) in [4.78, 5) is 14.1. The second kappa shape index (κ2) is 4.81. The van der Waals surface area contributed by atoms with E-state index in [2.05, 4.69) is 22.4 Å². The topological polar surface area (TPSA) is 41.8 Å². The van der Waals surface area contributed by atoms with Crippen LogP contribution >= 0.6 is 11.8 Å². The fourth-order valence-corrected chi connectivity index (χ4v) is 4.39. The molecule has 104 valence electrons. The molecule has 0 aliphatic carbocycles. The molecule has 0 unspecified atom stereocenters. The fraction of sp³-hybridized carbons (Fsp3) is 0.235. The van der Waals surface area contributed by atoms with Crippen molar-refractivity contribution >= 4 is 17.5 Å². The van der Waals surface area contributed by atoms with Crippen molar-refractivity contribution in [1.82, 2.24) is 0 Å². The number of carbonyl (C=O) groups is 1. The molecular weight excluding hydrogens is 280 g/mol. The fourth-order valence-electron chi connectivity index (χ4n) is 3.14. The Bertz CT molecular complexity index is 729. The normalized spacial score (nSPS) is 27.0. The molecule has 0 saturated carbocycles. The third-order valence-corrected chi connectivity index (χ3v) is 5.52. The molecule has 0 fully saturated rings. The zero-order valence-electron chi connectivity index (χ0n) is 11.4. The largest absolute Gasteiger partial charge is 0.291 e. The highest BCUT2D eigenvalue weighted by molar-refractivity contribution is 7.99. The molecule has 0 saturated heterocycles. The third-order valence-electron chi connectivity index (χ3n) is 4.26. The lowest BCUT2D eigenvalue weighted by molar-refractivity contribution is 0.0888. The van der Waals surface area contributed by atoms with Crippen LogP contribution in [0.4, 0.5) is 0 Å². The summed E-state index contributed by atoms with van der Waals surface area (Å²) < 4.78 is 0. The smallest absolute Gasteiger partial charge is 0.194 e. The Morgan fingerprint density at radius 1 is 1.05 bits per heavy atom. The zero-order chi connectivity index (χ0) is 14.3. The summed E-state index contributed by atoms with van der Waals surface area (Å²) in [5.41, 5.74) is 1.21. The van der Waals surface area contributed by atoms with E-state index in [1.54, 1.807) is 11.8 Å². The number of fused-ring (bicyclic) bond motifs is 1. The van der Waals surface area contributed by atoms with Crippen LogP contribution in [-0.4, -0.2) is 23.6 Å². The summed E-state index contributed by atoms with van der Waals surface area (Å²) in [6.07, 6.45) is 0. The van der Waals surface area contributed by atoms with Gasteiger partial charge in [-0.2, -0.15) is 10.2 Å². The number of hydrogen-bond acceptors (Lipinski definition) is 4. The monoisotopic (exact) mass is 294 g/mol. The van der Waals surface area contributed by atoms with Crippen molar-refractivity contribution in [1.29, 1.82) is 0 Å². The van der Waals surface area contributed by atoms with Gasteiger partial charge in [0.05, 0.1) is 6.54 Å². The number of hydrogen-bond donors (Lipinski definition) is 0. The number of thioether (sulfide) groups is 1. The van der Waals surface area contributed by atoms with Crippen molar-refractivity contribution in [3.63, 3.8) is 0 Å².